The summed E-state index contributed by atoms with van der Waals surface area (Å²) in [4.78, 5) is 15.4. The minimum absolute atomic E-state index is 0.215. The summed E-state index contributed by atoms with van der Waals surface area (Å²) in [5.74, 6) is 1.27. The van der Waals surface area contributed by atoms with Gasteiger partial charge < -0.3 is 5.11 Å². The monoisotopic (exact) mass is 395 g/mol. The predicted molar refractivity (Wildman–Crippen MR) is 105 cm³/mol. The van der Waals surface area contributed by atoms with E-state index in [1.165, 1.54) is 4.68 Å². The first kappa shape index (κ1) is 20.2. The van der Waals surface area contributed by atoms with Crippen molar-refractivity contribution in [2.75, 3.05) is 0 Å². The zero-order chi connectivity index (χ0) is 21.0. The third-order valence-electron chi connectivity index (χ3n) is 4.32. The lowest BCUT2D eigenvalue weighted by Crippen LogP contribution is -2.11. The van der Waals surface area contributed by atoms with E-state index in [9.17, 15) is 18.7 Å². The van der Waals surface area contributed by atoms with Crippen LogP contribution >= 0.6 is 0 Å². The Bertz CT molecular complexity index is 1090. The Kier molecular flexibility index (Phi) is 5.74. The van der Waals surface area contributed by atoms with Gasteiger partial charge >= 0.3 is 11.9 Å². The van der Waals surface area contributed by atoms with E-state index in [4.69, 9.17) is 0 Å². The number of nitrogens with zero attached hydrogens (tertiary/aromatic N) is 3. The van der Waals surface area contributed by atoms with Gasteiger partial charge in [-0.1, -0.05) is 48.4 Å². The highest BCUT2D eigenvalue weighted by Crippen LogP contribution is 2.26. The Morgan fingerprint density at radius 3 is 2.48 bits per heavy atom. The Balaban J connectivity index is 1.89. The van der Waals surface area contributed by atoms with Crippen LogP contribution in [0.2, 0.25) is 0 Å². The SMILES string of the molecule is CC#CCc1nc(C(C)(F)F)nn1Cc1ccc(-c2ccccc2C(=O)O)cc1. The van der Waals surface area contributed by atoms with Crippen molar-refractivity contribution in [1.29, 1.82) is 0 Å². The first-order valence-corrected chi connectivity index (χ1v) is 8.93. The van der Waals surface area contributed by atoms with Crippen molar-refractivity contribution in [3.63, 3.8) is 0 Å². The van der Waals surface area contributed by atoms with Crippen molar-refractivity contribution in [2.45, 2.75) is 32.7 Å². The molecule has 0 saturated heterocycles. The number of carboxylic acids is 1. The summed E-state index contributed by atoms with van der Waals surface area (Å²) >= 11 is 0. The average molecular weight is 395 g/mol. The van der Waals surface area contributed by atoms with Crippen LogP contribution in [-0.4, -0.2) is 25.8 Å². The van der Waals surface area contributed by atoms with Gasteiger partial charge in [0, 0.05) is 6.92 Å². The van der Waals surface area contributed by atoms with Crippen LogP contribution in [0.15, 0.2) is 48.5 Å². The molecule has 1 aromatic heterocycles. The highest BCUT2D eigenvalue weighted by atomic mass is 19.3. The first-order chi connectivity index (χ1) is 13.8. The van der Waals surface area contributed by atoms with Gasteiger partial charge in [0.15, 0.2) is 0 Å². The summed E-state index contributed by atoms with van der Waals surface area (Å²) in [7, 11) is 0. The Labute approximate surface area is 167 Å². The van der Waals surface area contributed by atoms with Gasteiger partial charge in [-0.15, -0.1) is 11.0 Å². The fourth-order valence-electron chi connectivity index (χ4n) is 2.87. The normalized spacial score (nSPS) is 11.0. The highest BCUT2D eigenvalue weighted by Gasteiger charge is 2.31. The summed E-state index contributed by atoms with van der Waals surface area (Å²) < 4.78 is 28.7. The summed E-state index contributed by atoms with van der Waals surface area (Å²) in [6, 6.07) is 14.0. The van der Waals surface area contributed by atoms with Gasteiger partial charge in [-0.3, -0.25) is 0 Å². The first-order valence-electron chi connectivity index (χ1n) is 8.93. The molecule has 0 fully saturated rings. The predicted octanol–water partition coefficient (Wildman–Crippen LogP) is 4.37. The van der Waals surface area contributed by atoms with E-state index in [1.807, 2.05) is 12.1 Å². The van der Waals surface area contributed by atoms with E-state index >= 15 is 0 Å². The molecule has 0 radical (unpaired) electrons. The molecule has 0 aliphatic rings. The number of rotatable bonds is 6. The number of aromatic carboxylic acids is 1. The van der Waals surface area contributed by atoms with Crippen molar-refractivity contribution in [1.82, 2.24) is 14.8 Å². The Morgan fingerprint density at radius 2 is 1.86 bits per heavy atom. The molecule has 2 aromatic carbocycles. The van der Waals surface area contributed by atoms with Crippen LogP contribution in [0.1, 0.15) is 41.4 Å². The van der Waals surface area contributed by atoms with Gasteiger partial charge in [0.2, 0.25) is 5.82 Å². The number of carboxylic acid groups (broad SMARTS) is 1. The molecular formula is C22H19F2N3O2. The third-order valence-corrected chi connectivity index (χ3v) is 4.32. The summed E-state index contributed by atoms with van der Waals surface area (Å²) in [5, 5.41) is 13.3. The maximum absolute atomic E-state index is 13.6. The second kappa shape index (κ2) is 8.23. The fourth-order valence-corrected chi connectivity index (χ4v) is 2.87. The van der Waals surface area contributed by atoms with E-state index in [0.717, 1.165) is 18.1 Å². The van der Waals surface area contributed by atoms with Crippen LogP contribution in [0.3, 0.4) is 0 Å². The number of carbonyl (C=O) groups is 1. The standard InChI is InChI=1S/C22H19F2N3O2/c1-3-4-9-19-25-21(22(2,23)24)26-27(19)14-15-10-12-16(13-11-15)17-7-5-6-8-18(17)20(28)29/h5-8,10-13H,9,14H2,1-2H3,(H,28,29). The number of benzene rings is 2. The van der Waals surface area contributed by atoms with E-state index < -0.39 is 17.7 Å². The summed E-state index contributed by atoms with van der Waals surface area (Å²) in [6.07, 6.45) is 0.226. The minimum atomic E-state index is -3.13. The third kappa shape index (κ3) is 4.66. The highest BCUT2D eigenvalue weighted by molar-refractivity contribution is 5.95. The lowest BCUT2D eigenvalue weighted by molar-refractivity contribution is 0.00755. The number of hydrogen-bond donors (Lipinski definition) is 1. The van der Waals surface area contributed by atoms with E-state index in [1.54, 1.807) is 43.3 Å². The molecule has 3 rings (SSSR count). The van der Waals surface area contributed by atoms with E-state index in [-0.39, 0.29) is 18.5 Å². The van der Waals surface area contributed by atoms with E-state index in [2.05, 4.69) is 21.9 Å². The lowest BCUT2D eigenvalue weighted by Gasteiger charge is -2.09. The van der Waals surface area contributed by atoms with Crippen molar-refractivity contribution in [3.05, 3.63) is 71.3 Å². The molecule has 0 atom stereocenters. The number of alkyl halides is 2. The molecule has 1 heterocycles. The van der Waals surface area contributed by atoms with Crippen molar-refractivity contribution in [3.8, 4) is 23.0 Å². The molecule has 148 valence electrons. The molecule has 3 aromatic rings. The van der Waals surface area contributed by atoms with Crippen LogP contribution in [0.25, 0.3) is 11.1 Å². The quantitative estimate of drug-likeness (QED) is 0.630. The van der Waals surface area contributed by atoms with Gasteiger partial charge in [-0.25, -0.2) is 14.5 Å². The number of halogens is 2. The Hall–Kier alpha value is -3.53. The minimum Gasteiger partial charge on any atom is -0.478 e. The number of aromatic nitrogens is 3. The molecule has 5 nitrogen and oxygen atoms in total. The van der Waals surface area contributed by atoms with Crippen LogP contribution in [0, 0.1) is 11.8 Å². The largest absolute Gasteiger partial charge is 0.478 e. The van der Waals surface area contributed by atoms with E-state index in [0.29, 0.717) is 11.4 Å². The maximum Gasteiger partial charge on any atom is 0.336 e. The molecule has 0 saturated carbocycles. The van der Waals surface area contributed by atoms with Crippen molar-refractivity contribution in [2.24, 2.45) is 0 Å². The van der Waals surface area contributed by atoms with Crippen LogP contribution in [0.5, 0.6) is 0 Å². The summed E-state index contributed by atoms with van der Waals surface area (Å²) in [6.45, 7) is 2.69. The van der Waals surface area contributed by atoms with Gasteiger partial charge in [0.1, 0.15) is 5.82 Å². The maximum atomic E-state index is 13.6. The summed E-state index contributed by atoms with van der Waals surface area (Å²) in [5.41, 5.74) is 2.40. The molecular weight excluding hydrogens is 376 g/mol. The molecule has 0 bridgehead atoms. The van der Waals surface area contributed by atoms with Gasteiger partial charge in [0.05, 0.1) is 18.5 Å². The van der Waals surface area contributed by atoms with Crippen LogP contribution in [-0.2, 0) is 18.9 Å². The van der Waals surface area contributed by atoms with Crippen molar-refractivity contribution >= 4 is 5.97 Å². The second-order valence-electron chi connectivity index (χ2n) is 6.55. The Morgan fingerprint density at radius 1 is 1.17 bits per heavy atom. The smallest absolute Gasteiger partial charge is 0.336 e. The molecule has 0 amide bonds. The molecule has 1 N–H and O–H groups in total. The molecule has 0 unspecified atom stereocenters. The lowest BCUT2D eigenvalue weighted by atomic mass is 9.99. The molecule has 29 heavy (non-hydrogen) atoms. The molecule has 0 spiro atoms. The molecule has 7 heteroatoms. The van der Waals surface area contributed by atoms with Crippen LogP contribution < -0.4 is 0 Å². The van der Waals surface area contributed by atoms with Gasteiger partial charge in [-0.05, 0) is 29.7 Å². The average Bonchev–Trinajstić information content (AvgIpc) is 3.10. The zero-order valence-corrected chi connectivity index (χ0v) is 16.0. The van der Waals surface area contributed by atoms with Crippen molar-refractivity contribution < 1.29 is 18.7 Å². The van der Waals surface area contributed by atoms with Gasteiger partial charge in [-0.2, -0.15) is 8.78 Å². The zero-order valence-electron chi connectivity index (χ0n) is 16.0. The molecule has 0 aliphatic carbocycles. The van der Waals surface area contributed by atoms with Gasteiger partial charge in [0.25, 0.3) is 0 Å². The fraction of sp³-hybridized carbons (Fsp3) is 0.227. The molecule has 0 aliphatic heterocycles. The number of hydrogen-bond acceptors (Lipinski definition) is 3. The van der Waals surface area contributed by atoms with Crippen LogP contribution in [0.4, 0.5) is 8.78 Å². The second-order valence-corrected chi connectivity index (χ2v) is 6.55. The topological polar surface area (TPSA) is 68.0 Å².